The van der Waals surface area contributed by atoms with Crippen molar-refractivity contribution in [3.05, 3.63) is 28.5 Å². The van der Waals surface area contributed by atoms with Crippen LogP contribution >= 0.6 is 15.9 Å². The Hall–Kier alpha value is -0.980. The van der Waals surface area contributed by atoms with Crippen LogP contribution in [0.5, 0.6) is 0 Å². The lowest BCUT2D eigenvalue weighted by molar-refractivity contribution is 0.0609. The zero-order valence-electron chi connectivity index (χ0n) is 8.81. The van der Waals surface area contributed by atoms with Gasteiger partial charge in [0, 0.05) is 19.9 Å². The minimum atomic E-state index is -0.704. The van der Waals surface area contributed by atoms with E-state index < -0.39 is 6.10 Å². The van der Waals surface area contributed by atoms with Crippen LogP contribution in [-0.4, -0.2) is 42.4 Å². The molecule has 6 heteroatoms. The van der Waals surface area contributed by atoms with Crippen LogP contribution in [-0.2, 0) is 4.74 Å². The van der Waals surface area contributed by atoms with Gasteiger partial charge in [0.2, 0.25) is 0 Å². The molecule has 0 radical (unpaired) electrons. The molecular formula is C10H13BrN2O3. The molecule has 0 aliphatic carbocycles. The number of nitrogens with one attached hydrogen (secondary N) is 1. The number of methoxy groups -OCH3 is 1. The number of ether oxygens (including phenoxy) is 1. The average Bonchev–Trinajstić information content (AvgIpc) is 2.27. The number of rotatable bonds is 5. The fourth-order valence-electron chi connectivity index (χ4n) is 1.11. The van der Waals surface area contributed by atoms with E-state index in [0.717, 1.165) is 0 Å². The van der Waals surface area contributed by atoms with Crippen LogP contribution < -0.4 is 5.32 Å². The predicted molar refractivity (Wildman–Crippen MR) is 62.2 cm³/mol. The molecule has 0 saturated heterocycles. The van der Waals surface area contributed by atoms with Gasteiger partial charge >= 0.3 is 0 Å². The molecule has 0 aromatic carbocycles. The van der Waals surface area contributed by atoms with Gasteiger partial charge in [0.05, 0.1) is 18.3 Å². The minimum absolute atomic E-state index is 0.147. The van der Waals surface area contributed by atoms with E-state index in [1.807, 2.05) is 0 Å². The van der Waals surface area contributed by atoms with Crippen LogP contribution in [0.2, 0.25) is 0 Å². The van der Waals surface area contributed by atoms with Gasteiger partial charge in [0.25, 0.3) is 5.91 Å². The van der Waals surface area contributed by atoms with Crippen LogP contribution in [0.25, 0.3) is 0 Å². The molecule has 1 aromatic rings. The van der Waals surface area contributed by atoms with E-state index in [-0.39, 0.29) is 19.1 Å². The van der Waals surface area contributed by atoms with Crippen LogP contribution in [0.4, 0.5) is 0 Å². The highest BCUT2D eigenvalue weighted by Crippen LogP contribution is 2.11. The largest absolute Gasteiger partial charge is 0.389 e. The van der Waals surface area contributed by atoms with Crippen LogP contribution in [0.3, 0.4) is 0 Å². The number of pyridine rings is 1. The Bertz CT molecular complexity index is 360. The Kier molecular flexibility index (Phi) is 5.37. The lowest BCUT2D eigenvalue weighted by Gasteiger charge is -2.11. The van der Waals surface area contributed by atoms with Crippen molar-refractivity contribution in [2.24, 2.45) is 0 Å². The molecule has 0 aliphatic rings. The van der Waals surface area contributed by atoms with E-state index in [1.54, 1.807) is 18.3 Å². The van der Waals surface area contributed by atoms with Crippen molar-refractivity contribution in [2.45, 2.75) is 6.10 Å². The molecular weight excluding hydrogens is 276 g/mol. The quantitative estimate of drug-likeness (QED) is 0.778. The number of hydrogen-bond acceptors (Lipinski definition) is 4. The number of hydrogen-bond donors (Lipinski definition) is 2. The molecule has 88 valence electrons. The van der Waals surface area contributed by atoms with Gasteiger partial charge in [-0.3, -0.25) is 4.79 Å². The Labute approximate surface area is 102 Å². The third kappa shape index (κ3) is 3.88. The van der Waals surface area contributed by atoms with E-state index in [0.29, 0.717) is 10.2 Å². The summed E-state index contributed by atoms with van der Waals surface area (Å²) in [5.74, 6) is -0.282. The topological polar surface area (TPSA) is 71.5 Å². The zero-order chi connectivity index (χ0) is 12.0. The fourth-order valence-corrected chi connectivity index (χ4v) is 1.54. The lowest BCUT2D eigenvalue weighted by atomic mass is 10.2. The summed E-state index contributed by atoms with van der Waals surface area (Å²) in [6.07, 6.45) is 0.880. The predicted octanol–water partition coefficient (Wildman–Crippen LogP) is 0.581. The standard InChI is InChI=1S/C10H13BrN2O3/c1-16-6-7(14)5-13-10(15)8-3-2-4-12-9(8)11/h2-4,7,14H,5-6H2,1H3,(H,13,15). The molecule has 0 fully saturated rings. The van der Waals surface area contributed by atoms with Gasteiger partial charge in [-0.15, -0.1) is 0 Å². The maximum atomic E-state index is 11.6. The van der Waals surface area contributed by atoms with Gasteiger partial charge in [-0.2, -0.15) is 0 Å². The average molecular weight is 289 g/mol. The number of nitrogens with zero attached hydrogens (tertiary/aromatic N) is 1. The van der Waals surface area contributed by atoms with E-state index in [1.165, 1.54) is 7.11 Å². The number of carbonyl (C=O) groups is 1. The molecule has 5 nitrogen and oxygen atoms in total. The maximum Gasteiger partial charge on any atom is 0.254 e. The van der Waals surface area contributed by atoms with E-state index in [9.17, 15) is 9.90 Å². The summed E-state index contributed by atoms with van der Waals surface area (Å²) in [5.41, 5.74) is 0.437. The second-order valence-electron chi connectivity index (χ2n) is 3.16. The van der Waals surface area contributed by atoms with E-state index in [2.05, 4.69) is 26.2 Å². The smallest absolute Gasteiger partial charge is 0.254 e. The Morgan fingerprint density at radius 2 is 2.50 bits per heavy atom. The van der Waals surface area contributed by atoms with Gasteiger partial charge in [-0.1, -0.05) is 0 Å². The van der Waals surface area contributed by atoms with Gasteiger partial charge in [0.15, 0.2) is 0 Å². The first-order valence-electron chi connectivity index (χ1n) is 4.71. The van der Waals surface area contributed by atoms with Gasteiger partial charge < -0.3 is 15.2 Å². The molecule has 1 aromatic heterocycles. The first kappa shape index (κ1) is 13.1. The summed E-state index contributed by atoms with van der Waals surface area (Å²) in [6.45, 7) is 0.336. The van der Waals surface area contributed by atoms with Crippen LogP contribution in [0, 0.1) is 0 Å². The summed E-state index contributed by atoms with van der Waals surface area (Å²) < 4.78 is 5.22. The molecule has 1 rings (SSSR count). The SMILES string of the molecule is COCC(O)CNC(=O)c1cccnc1Br. The highest BCUT2D eigenvalue weighted by Gasteiger charge is 2.11. The second kappa shape index (κ2) is 6.57. The van der Waals surface area contributed by atoms with E-state index in [4.69, 9.17) is 4.74 Å². The summed E-state index contributed by atoms with van der Waals surface area (Å²) in [5, 5.41) is 11.9. The van der Waals surface area contributed by atoms with Crippen LogP contribution in [0.15, 0.2) is 22.9 Å². The monoisotopic (exact) mass is 288 g/mol. The summed E-state index contributed by atoms with van der Waals surface area (Å²) in [4.78, 5) is 15.6. The van der Waals surface area contributed by atoms with Crippen molar-refractivity contribution in [1.29, 1.82) is 0 Å². The Morgan fingerprint density at radius 3 is 3.12 bits per heavy atom. The minimum Gasteiger partial charge on any atom is -0.389 e. The first-order valence-corrected chi connectivity index (χ1v) is 5.50. The number of aliphatic hydroxyl groups excluding tert-OH is 1. The summed E-state index contributed by atoms with van der Waals surface area (Å²) in [7, 11) is 1.49. The number of aromatic nitrogens is 1. The molecule has 1 unspecified atom stereocenters. The lowest BCUT2D eigenvalue weighted by Crippen LogP contribution is -2.34. The number of halogens is 1. The molecule has 0 aliphatic heterocycles. The van der Waals surface area contributed by atoms with Gasteiger partial charge in [-0.05, 0) is 28.1 Å². The van der Waals surface area contributed by atoms with Gasteiger partial charge in [-0.25, -0.2) is 4.98 Å². The second-order valence-corrected chi connectivity index (χ2v) is 3.91. The zero-order valence-corrected chi connectivity index (χ0v) is 10.4. The van der Waals surface area contributed by atoms with E-state index >= 15 is 0 Å². The van der Waals surface area contributed by atoms with Crippen LogP contribution in [0.1, 0.15) is 10.4 Å². The third-order valence-corrected chi connectivity index (χ3v) is 2.49. The summed E-state index contributed by atoms with van der Waals surface area (Å²) in [6, 6.07) is 3.32. The van der Waals surface area contributed by atoms with Crippen molar-refractivity contribution >= 4 is 21.8 Å². The molecule has 1 heterocycles. The molecule has 0 spiro atoms. The Balaban J connectivity index is 2.50. The molecule has 2 N–H and O–H groups in total. The van der Waals surface area contributed by atoms with Gasteiger partial charge in [0.1, 0.15) is 4.60 Å². The van der Waals surface area contributed by atoms with Crippen molar-refractivity contribution < 1.29 is 14.6 Å². The van der Waals surface area contributed by atoms with Crippen molar-refractivity contribution in [3.63, 3.8) is 0 Å². The normalized spacial score (nSPS) is 12.2. The third-order valence-electron chi connectivity index (χ3n) is 1.86. The maximum absolute atomic E-state index is 11.6. The number of amides is 1. The first-order chi connectivity index (χ1) is 7.65. The molecule has 0 bridgehead atoms. The number of carbonyl (C=O) groups excluding carboxylic acids is 1. The Morgan fingerprint density at radius 1 is 1.75 bits per heavy atom. The highest BCUT2D eigenvalue weighted by molar-refractivity contribution is 9.10. The van der Waals surface area contributed by atoms with Crippen molar-refractivity contribution in [3.8, 4) is 0 Å². The molecule has 0 saturated carbocycles. The fraction of sp³-hybridized carbons (Fsp3) is 0.400. The van der Waals surface area contributed by atoms with Crippen molar-refractivity contribution in [2.75, 3.05) is 20.3 Å². The highest BCUT2D eigenvalue weighted by atomic mass is 79.9. The summed E-state index contributed by atoms with van der Waals surface area (Å²) >= 11 is 3.18. The molecule has 1 amide bonds. The number of aliphatic hydroxyl groups is 1. The molecule has 16 heavy (non-hydrogen) atoms. The van der Waals surface area contributed by atoms with Crippen molar-refractivity contribution in [1.82, 2.24) is 10.3 Å². The molecule has 1 atom stereocenters.